The second-order valence-electron chi connectivity index (χ2n) is 5.15. The molecule has 0 saturated carbocycles. The van der Waals surface area contributed by atoms with Gasteiger partial charge >= 0.3 is 0 Å². The number of hydrogen-bond donors (Lipinski definition) is 1. The molecule has 1 aliphatic rings. The molecule has 0 aromatic carbocycles. The normalized spacial score (nSPS) is 18.7. The molecule has 0 radical (unpaired) electrons. The van der Waals surface area contributed by atoms with Crippen molar-refractivity contribution in [1.29, 1.82) is 0 Å². The van der Waals surface area contributed by atoms with E-state index in [0.717, 1.165) is 11.4 Å². The van der Waals surface area contributed by atoms with Crippen LogP contribution in [0.25, 0.3) is 4.96 Å². The third-order valence-electron chi connectivity index (χ3n) is 3.47. The summed E-state index contributed by atoms with van der Waals surface area (Å²) in [6, 6.07) is 1.48. The van der Waals surface area contributed by atoms with Crippen LogP contribution in [0.1, 0.15) is 24.0 Å². The van der Waals surface area contributed by atoms with Crippen molar-refractivity contribution in [3.63, 3.8) is 0 Å². The molecule has 0 atom stereocenters. The van der Waals surface area contributed by atoms with Gasteiger partial charge in [0, 0.05) is 24.8 Å². The Kier molecular flexibility index (Phi) is 2.92. The highest BCUT2D eigenvalue weighted by atomic mass is 32.1. The van der Waals surface area contributed by atoms with Crippen LogP contribution in [0.15, 0.2) is 10.9 Å². The van der Waals surface area contributed by atoms with Crippen LogP contribution in [-0.2, 0) is 6.54 Å². The summed E-state index contributed by atoms with van der Waals surface area (Å²) < 4.78 is 1.35. The van der Waals surface area contributed by atoms with Crippen LogP contribution in [0.5, 0.6) is 0 Å². The number of fused-ring (bicyclic) bond motifs is 1. The lowest BCUT2D eigenvalue weighted by molar-refractivity contribution is -0.103. The van der Waals surface area contributed by atoms with Crippen molar-refractivity contribution in [2.24, 2.45) is 0 Å². The zero-order chi connectivity index (χ0) is 13.6. The summed E-state index contributed by atoms with van der Waals surface area (Å²) in [6.07, 6.45) is 0.767. The molecule has 0 unspecified atom stereocenters. The van der Waals surface area contributed by atoms with Gasteiger partial charge in [-0.1, -0.05) is 18.3 Å². The molecule has 1 saturated heterocycles. The predicted octanol–water partition coefficient (Wildman–Crippen LogP) is 0.416. The maximum absolute atomic E-state index is 11.7. The van der Waals surface area contributed by atoms with Gasteiger partial charge in [-0.05, 0) is 13.3 Å². The van der Waals surface area contributed by atoms with E-state index in [9.17, 15) is 9.90 Å². The lowest BCUT2D eigenvalue weighted by atomic mass is 9.91. The average Bonchev–Trinajstić information content (AvgIpc) is 2.69. The number of aryl methyl sites for hydroxylation is 1. The van der Waals surface area contributed by atoms with Gasteiger partial charge in [-0.3, -0.25) is 9.69 Å². The number of β-amino-alcohol motifs (C(OH)–C–C–N with tert-alkyl or cyclic N) is 1. The van der Waals surface area contributed by atoms with E-state index >= 15 is 0 Å². The van der Waals surface area contributed by atoms with Crippen molar-refractivity contribution in [2.45, 2.75) is 32.4 Å². The van der Waals surface area contributed by atoms with Gasteiger partial charge in [-0.25, -0.2) is 4.98 Å². The monoisotopic (exact) mass is 280 g/mol. The number of aliphatic hydroxyl groups is 1. The van der Waals surface area contributed by atoms with E-state index in [2.05, 4.69) is 15.0 Å². The third kappa shape index (κ3) is 2.29. The van der Waals surface area contributed by atoms with Crippen molar-refractivity contribution in [3.8, 4) is 0 Å². The molecule has 1 fully saturated rings. The number of aromatic nitrogens is 3. The maximum atomic E-state index is 11.7. The molecule has 1 aliphatic heterocycles. The molecule has 0 amide bonds. The first-order valence-electron chi connectivity index (χ1n) is 6.30. The molecule has 19 heavy (non-hydrogen) atoms. The molecule has 1 N–H and O–H groups in total. The molecule has 3 rings (SSSR count). The molecule has 3 heterocycles. The first kappa shape index (κ1) is 12.7. The molecule has 2 aromatic rings. The van der Waals surface area contributed by atoms with E-state index in [4.69, 9.17) is 0 Å². The highest BCUT2D eigenvalue weighted by molar-refractivity contribution is 7.16. The third-order valence-corrected chi connectivity index (χ3v) is 4.36. The minimum absolute atomic E-state index is 0.140. The highest BCUT2D eigenvalue weighted by Crippen LogP contribution is 2.26. The Morgan fingerprint density at radius 1 is 1.53 bits per heavy atom. The topological polar surface area (TPSA) is 70.7 Å². The summed E-state index contributed by atoms with van der Waals surface area (Å²) in [5.41, 5.74) is 0.0331. The Labute approximate surface area is 114 Å². The first-order chi connectivity index (χ1) is 8.99. The Balaban J connectivity index is 1.80. The maximum Gasteiger partial charge on any atom is 0.275 e. The first-order valence-corrected chi connectivity index (χ1v) is 7.12. The minimum Gasteiger partial charge on any atom is -0.387 e. The van der Waals surface area contributed by atoms with E-state index in [0.29, 0.717) is 30.3 Å². The van der Waals surface area contributed by atoms with Crippen LogP contribution in [0, 0.1) is 6.92 Å². The Hall–Kier alpha value is -1.31. The van der Waals surface area contributed by atoms with Crippen LogP contribution in [0.4, 0.5) is 0 Å². The second-order valence-corrected chi connectivity index (χ2v) is 6.19. The van der Waals surface area contributed by atoms with Crippen LogP contribution >= 0.6 is 11.3 Å². The van der Waals surface area contributed by atoms with Crippen molar-refractivity contribution in [3.05, 3.63) is 27.1 Å². The number of likely N-dealkylation sites (tertiary alicyclic amines) is 1. The fraction of sp³-hybridized carbons (Fsp3) is 0.583. The van der Waals surface area contributed by atoms with Crippen LogP contribution in [-0.4, -0.2) is 43.3 Å². The summed E-state index contributed by atoms with van der Waals surface area (Å²) in [7, 11) is 0. The molecular formula is C12H16N4O2S. The SMILES string of the molecule is CCC1(O)CN(Cc2nn3c(=O)cc(C)nc3s2)C1. The van der Waals surface area contributed by atoms with Crippen molar-refractivity contribution >= 4 is 16.3 Å². The van der Waals surface area contributed by atoms with E-state index in [1.165, 1.54) is 21.9 Å². The zero-order valence-electron chi connectivity index (χ0n) is 11.0. The number of hydrogen-bond acceptors (Lipinski definition) is 6. The minimum atomic E-state index is -0.539. The van der Waals surface area contributed by atoms with Gasteiger partial charge in [-0.15, -0.1) is 0 Å². The summed E-state index contributed by atoms with van der Waals surface area (Å²) >= 11 is 1.43. The average molecular weight is 280 g/mol. The van der Waals surface area contributed by atoms with E-state index < -0.39 is 5.60 Å². The fourth-order valence-electron chi connectivity index (χ4n) is 2.34. The molecule has 6 nitrogen and oxygen atoms in total. The van der Waals surface area contributed by atoms with E-state index in [1.54, 1.807) is 6.92 Å². The lowest BCUT2D eigenvalue weighted by Gasteiger charge is -2.45. The van der Waals surface area contributed by atoms with Crippen LogP contribution in [0.2, 0.25) is 0 Å². The molecule has 7 heteroatoms. The van der Waals surface area contributed by atoms with Crippen LogP contribution in [0.3, 0.4) is 0 Å². The van der Waals surface area contributed by atoms with Gasteiger partial charge < -0.3 is 5.11 Å². The van der Waals surface area contributed by atoms with Gasteiger partial charge in [0.2, 0.25) is 4.96 Å². The summed E-state index contributed by atoms with van der Waals surface area (Å²) in [5.74, 6) is 0. The van der Waals surface area contributed by atoms with Gasteiger partial charge in [0.25, 0.3) is 5.56 Å². The molecule has 0 bridgehead atoms. The second kappa shape index (κ2) is 4.36. The van der Waals surface area contributed by atoms with Crippen molar-refractivity contribution in [2.75, 3.05) is 13.1 Å². The Bertz CT molecular complexity index is 672. The molecule has 2 aromatic heterocycles. The molecule has 102 valence electrons. The standard InChI is InChI=1S/C12H16N4O2S/c1-3-12(18)6-15(7-12)5-9-14-16-10(17)4-8(2)13-11(16)19-9/h4,18H,3,5-7H2,1-2H3. The lowest BCUT2D eigenvalue weighted by Crippen LogP contribution is -2.60. The number of rotatable bonds is 3. The quantitative estimate of drug-likeness (QED) is 0.882. The fourth-order valence-corrected chi connectivity index (χ4v) is 3.32. The molecule has 0 aliphatic carbocycles. The van der Waals surface area contributed by atoms with Crippen molar-refractivity contribution in [1.82, 2.24) is 19.5 Å². The summed E-state index contributed by atoms with van der Waals surface area (Å²) in [5, 5.41) is 15.1. The van der Waals surface area contributed by atoms with E-state index in [1.807, 2.05) is 6.92 Å². The van der Waals surface area contributed by atoms with Gasteiger partial charge in [-0.2, -0.15) is 9.61 Å². The molecule has 0 spiro atoms. The van der Waals surface area contributed by atoms with Gasteiger partial charge in [0.15, 0.2) is 0 Å². The Morgan fingerprint density at radius 3 is 2.95 bits per heavy atom. The highest BCUT2D eigenvalue weighted by Gasteiger charge is 2.39. The summed E-state index contributed by atoms with van der Waals surface area (Å²) in [4.78, 5) is 18.8. The van der Waals surface area contributed by atoms with E-state index in [-0.39, 0.29) is 5.56 Å². The smallest absolute Gasteiger partial charge is 0.275 e. The zero-order valence-corrected chi connectivity index (χ0v) is 11.8. The molecular weight excluding hydrogens is 264 g/mol. The van der Waals surface area contributed by atoms with Crippen LogP contribution < -0.4 is 5.56 Å². The number of nitrogens with zero attached hydrogens (tertiary/aromatic N) is 4. The van der Waals surface area contributed by atoms with Gasteiger partial charge in [0.05, 0.1) is 12.1 Å². The van der Waals surface area contributed by atoms with Gasteiger partial charge in [0.1, 0.15) is 5.01 Å². The largest absolute Gasteiger partial charge is 0.387 e. The summed E-state index contributed by atoms with van der Waals surface area (Å²) in [6.45, 7) is 5.79. The Morgan fingerprint density at radius 2 is 2.26 bits per heavy atom. The van der Waals surface area contributed by atoms with Crippen molar-refractivity contribution < 1.29 is 5.11 Å². The predicted molar refractivity (Wildman–Crippen MR) is 72.4 cm³/mol.